The summed E-state index contributed by atoms with van der Waals surface area (Å²) in [4.78, 5) is 1.13. The van der Waals surface area contributed by atoms with Gasteiger partial charge < -0.3 is 10.1 Å². The molecule has 1 aliphatic rings. The van der Waals surface area contributed by atoms with Crippen molar-refractivity contribution in [1.82, 2.24) is 0 Å². The summed E-state index contributed by atoms with van der Waals surface area (Å²) < 4.78 is 6.83. The number of aryl methyl sites for hydroxylation is 1. The number of anilines is 1. The van der Waals surface area contributed by atoms with Crippen LogP contribution in [-0.4, -0.2) is 6.54 Å². The van der Waals surface area contributed by atoms with Gasteiger partial charge in [0.05, 0.1) is 16.6 Å². The van der Waals surface area contributed by atoms with Crippen LogP contribution in [0.15, 0.2) is 24.3 Å². The van der Waals surface area contributed by atoms with Crippen LogP contribution in [0.3, 0.4) is 0 Å². The average molecular weight is 300 g/mol. The predicted molar refractivity (Wildman–Crippen MR) is 77.4 cm³/mol. The number of halogens is 2. The van der Waals surface area contributed by atoms with Crippen molar-refractivity contribution >= 4 is 40.2 Å². The molecule has 2 nitrogen and oxygen atoms in total. The van der Waals surface area contributed by atoms with Crippen LogP contribution in [0.2, 0.25) is 9.36 Å². The molecule has 0 aliphatic carbocycles. The number of benzene rings is 1. The zero-order valence-electron chi connectivity index (χ0n) is 9.67. The Labute approximate surface area is 119 Å². The normalized spacial score (nSPS) is 17.8. The van der Waals surface area contributed by atoms with Gasteiger partial charge >= 0.3 is 0 Å². The lowest BCUT2D eigenvalue weighted by Crippen LogP contribution is -2.23. The van der Waals surface area contributed by atoms with E-state index in [0.29, 0.717) is 0 Å². The number of fused-ring (bicyclic) bond motifs is 1. The Hall–Kier alpha value is -0.900. The van der Waals surface area contributed by atoms with Gasteiger partial charge in [-0.3, -0.25) is 0 Å². The Morgan fingerprint density at radius 3 is 2.89 bits per heavy atom. The standard InChI is InChI=1S/C13H11Cl2NOS/c1-7-4-8(14)5-9-13(7)17-10(6-16-9)11-2-3-12(15)18-11/h2-5,10,16H,6H2,1H3. The maximum atomic E-state index is 6.05. The summed E-state index contributed by atoms with van der Waals surface area (Å²) in [6, 6.07) is 7.71. The molecular weight excluding hydrogens is 289 g/mol. The summed E-state index contributed by atoms with van der Waals surface area (Å²) in [5.41, 5.74) is 2.00. The number of hydrogen-bond donors (Lipinski definition) is 1. The molecule has 0 amide bonds. The second kappa shape index (κ2) is 4.65. The highest BCUT2D eigenvalue weighted by Gasteiger charge is 2.23. The SMILES string of the molecule is Cc1cc(Cl)cc2c1OC(c1ccc(Cl)s1)CN2. The lowest BCUT2D eigenvalue weighted by Gasteiger charge is -2.28. The number of thiophene rings is 1. The van der Waals surface area contributed by atoms with Crippen molar-refractivity contribution in [3.63, 3.8) is 0 Å². The summed E-state index contributed by atoms with van der Waals surface area (Å²) >= 11 is 13.5. The Morgan fingerprint density at radius 2 is 2.17 bits per heavy atom. The molecule has 1 aromatic heterocycles. The van der Waals surface area contributed by atoms with Gasteiger partial charge in [0.1, 0.15) is 5.75 Å². The zero-order valence-corrected chi connectivity index (χ0v) is 12.0. The van der Waals surface area contributed by atoms with Gasteiger partial charge in [-0.25, -0.2) is 0 Å². The Kier molecular flexibility index (Phi) is 3.14. The van der Waals surface area contributed by atoms with E-state index >= 15 is 0 Å². The first-order chi connectivity index (χ1) is 8.63. The first kappa shape index (κ1) is 12.2. The summed E-state index contributed by atoms with van der Waals surface area (Å²) in [5, 5.41) is 4.08. The molecular formula is C13H11Cl2NOS. The topological polar surface area (TPSA) is 21.3 Å². The molecule has 1 atom stereocenters. The van der Waals surface area contributed by atoms with E-state index in [1.807, 2.05) is 31.2 Å². The number of rotatable bonds is 1. The molecule has 18 heavy (non-hydrogen) atoms. The molecule has 0 saturated heterocycles. The Balaban J connectivity index is 1.93. The van der Waals surface area contributed by atoms with E-state index in [9.17, 15) is 0 Å². The minimum absolute atomic E-state index is 0.00914. The molecule has 2 heterocycles. The van der Waals surface area contributed by atoms with Crippen LogP contribution >= 0.6 is 34.5 Å². The quantitative estimate of drug-likeness (QED) is 0.808. The molecule has 1 aromatic carbocycles. The number of hydrogen-bond acceptors (Lipinski definition) is 3. The smallest absolute Gasteiger partial charge is 0.150 e. The summed E-state index contributed by atoms with van der Waals surface area (Å²) in [6.07, 6.45) is 0.00914. The van der Waals surface area contributed by atoms with Gasteiger partial charge in [-0.15, -0.1) is 11.3 Å². The highest BCUT2D eigenvalue weighted by Crippen LogP contribution is 2.40. The van der Waals surface area contributed by atoms with E-state index in [1.54, 1.807) is 11.3 Å². The van der Waals surface area contributed by atoms with Crippen LogP contribution in [-0.2, 0) is 0 Å². The predicted octanol–water partition coefficient (Wildman–Crippen LogP) is 4.91. The van der Waals surface area contributed by atoms with Crippen LogP contribution in [0.1, 0.15) is 16.5 Å². The second-order valence-electron chi connectivity index (χ2n) is 4.23. The lowest BCUT2D eigenvalue weighted by atomic mass is 10.1. The van der Waals surface area contributed by atoms with E-state index in [4.69, 9.17) is 27.9 Å². The van der Waals surface area contributed by atoms with Crippen molar-refractivity contribution in [2.24, 2.45) is 0 Å². The minimum Gasteiger partial charge on any atom is -0.481 e. The van der Waals surface area contributed by atoms with Gasteiger partial charge in [-0.2, -0.15) is 0 Å². The highest BCUT2D eigenvalue weighted by molar-refractivity contribution is 7.16. The maximum absolute atomic E-state index is 6.05. The molecule has 1 aliphatic heterocycles. The summed E-state index contributed by atoms with van der Waals surface area (Å²) in [7, 11) is 0. The van der Waals surface area contributed by atoms with Crippen molar-refractivity contribution in [3.8, 4) is 5.75 Å². The van der Waals surface area contributed by atoms with Gasteiger partial charge in [0.15, 0.2) is 6.10 Å². The van der Waals surface area contributed by atoms with Gasteiger partial charge in [0.25, 0.3) is 0 Å². The molecule has 0 spiro atoms. The molecule has 0 radical (unpaired) electrons. The molecule has 5 heteroatoms. The van der Waals surface area contributed by atoms with Gasteiger partial charge in [-0.1, -0.05) is 23.2 Å². The maximum Gasteiger partial charge on any atom is 0.150 e. The van der Waals surface area contributed by atoms with E-state index in [0.717, 1.165) is 37.8 Å². The molecule has 3 rings (SSSR count). The van der Waals surface area contributed by atoms with Crippen LogP contribution < -0.4 is 10.1 Å². The van der Waals surface area contributed by atoms with Crippen molar-refractivity contribution in [3.05, 3.63) is 44.1 Å². The van der Waals surface area contributed by atoms with Crippen molar-refractivity contribution in [2.75, 3.05) is 11.9 Å². The van der Waals surface area contributed by atoms with Crippen LogP contribution in [0.4, 0.5) is 5.69 Å². The van der Waals surface area contributed by atoms with Crippen LogP contribution in [0.25, 0.3) is 0 Å². The fraction of sp³-hybridized carbons (Fsp3) is 0.231. The minimum atomic E-state index is 0.00914. The van der Waals surface area contributed by atoms with Crippen molar-refractivity contribution in [1.29, 1.82) is 0 Å². The Bertz CT molecular complexity index is 597. The molecule has 0 fully saturated rings. The first-order valence-corrected chi connectivity index (χ1v) is 7.16. The van der Waals surface area contributed by atoms with E-state index in [1.165, 1.54) is 0 Å². The third-order valence-corrected chi connectivity index (χ3v) is 4.43. The van der Waals surface area contributed by atoms with Gasteiger partial charge in [0.2, 0.25) is 0 Å². The average Bonchev–Trinajstić information content (AvgIpc) is 2.75. The summed E-state index contributed by atoms with van der Waals surface area (Å²) in [5.74, 6) is 0.875. The largest absolute Gasteiger partial charge is 0.481 e. The van der Waals surface area contributed by atoms with Crippen LogP contribution in [0.5, 0.6) is 5.75 Å². The van der Waals surface area contributed by atoms with Crippen LogP contribution in [0, 0.1) is 6.92 Å². The number of ether oxygens (including phenoxy) is 1. The third-order valence-electron chi connectivity index (χ3n) is 2.89. The van der Waals surface area contributed by atoms with Gasteiger partial charge in [-0.05, 0) is 36.8 Å². The summed E-state index contributed by atoms with van der Waals surface area (Å²) in [6.45, 7) is 2.72. The second-order valence-corrected chi connectivity index (χ2v) is 6.41. The van der Waals surface area contributed by atoms with Gasteiger partial charge in [0, 0.05) is 9.90 Å². The van der Waals surface area contributed by atoms with Crippen molar-refractivity contribution in [2.45, 2.75) is 13.0 Å². The monoisotopic (exact) mass is 299 g/mol. The third kappa shape index (κ3) is 2.18. The van der Waals surface area contributed by atoms with E-state index in [-0.39, 0.29) is 6.10 Å². The molecule has 0 bridgehead atoms. The Morgan fingerprint density at radius 1 is 1.33 bits per heavy atom. The molecule has 1 N–H and O–H groups in total. The van der Waals surface area contributed by atoms with E-state index < -0.39 is 0 Å². The molecule has 2 aromatic rings. The fourth-order valence-electron chi connectivity index (χ4n) is 2.06. The first-order valence-electron chi connectivity index (χ1n) is 5.59. The zero-order chi connectivity index (χ0) is 12.7. The molecule has 0 saturated carbocycles. The van der Waals surface area contributed by atoms with E-state index in [2.05, 4.69) is 5.32 Å². The number of nitrogens with one attached hydrogen (secondary N) is 1. The highest BCUT2D eigenvalue weighted by atomic mass is 35.5. The molecule has 94 valence electrons. The van der Waals surface area contributed by atoms with Crippen molar-refractivity contribution < 1.29 is 4.74 Å². The lowest BCUT2D eigenvalue weighted by molar-refractivity contribution is 0.213. The molecule has 1 unspecified atom stereocenters. The fourth-order valence-corrected chi connectivity index (χ4v) is 3.43.